The van der Waals surface area contributed by atoms with E-state index in [1.807, 2.05) is 48.5 Å². The van der Waals surface area contributed by atoms with Crippen LogP contribution < -0.4 is 0 Å². The Morgan fingerprint density at radius 2 is 1.86 bits per heavy atom. The van der Waals surface area contributed by atoms with Gasteiger partial charge in [0.25, 0.3) is 0 Å². The molecule has 3 rings (SSSR count). The second kappa shape index (κ2) is 8.34. The molecule has 3 aliphatic heterocycles. The number of hydrogen-bond acceptors (Lipinski definition) is 5. The molecule has 28 heavy (non-hydrogen) atoms. The van der Waals surface area contributed by atoms with Crippen LogP contribution in [0.4, 0.5) is 0 Å². The first-order valence-electron chi connectivity index (χ1n) is 9.65. The number of carbonyl (C=O) groups excluding carboxylic acids is 2. The third-order valence-electron chi connectivity index (χ3n) is 5.22. The first kappa shape index (κ1) is 20.4. The highest BCUT2D eigenvalue weighted by Gasteiger charge is 2.53. The predicted octanol–water partition coefficient (Wildman–Crippen LogP) is 1.98. The lowest BCUT2D eigenvalue weighted by molar-refractivity contribution is -0.133. The molecule has 152 valence electrons. The summed E-state index contributed by atoms with van der Waals surface area (Å²) >= 11 is 0. The Balaban J connectivity index is 1.66. The van der Waals surface area contributed by atoms with Gasteiger partial charge in [-0.05, 0) is 31.1 Å². The standard InChI is InChI=1S/C20H27N3O4S/c1-3-9-16-19-17(23(20(16)25)28(2,26)27)11-15-22(19)18(24)10-8-14-21-12-6-4-5-7-13-21/h4-7,11-13,16,19H,3,8-10,14-15H2,1-2H3/t16-,19-/m1/s1. The normalized spacial score (nSPS) is 24.0. The molecule has 0 saturated carbocycles. The van der Waals surface area contributed by atoms with Crippen molar-refractivity contribution in [1.29, 1.82) is 0 Å². The van der Waals surface area contributed by atoms with Crippen LogP contribution in [0.15, 0.2) is 48.5 Å². The lowest BCUT2D eigenvalue weighted by Crippen LogP contribution is -2.41. The minimum atomic E-state index is -3.69. The highest BCUT2D eigenvalue weighted by molar-refractivity contribution is 7.89. The highest BCUT2D eigenvalue weighted by atomic mass is 32.2. The van der Waals surface area contributed by atoms with Crippen molar-refractivity contribution in [2.45, 2.75) is 38.6 Å². The molecule has 0 aromatic carbocycles. The van der Waals surface area contributed by atoms with Crippen molar-refractivity contribution in [1.82, 2.24) is 14.1 Å². The Bertz CT molecular complexity index is 841. The van der Waals surface area contributed by atoms with Gasteiger partial charge in [-0.2, -0.15) is 0 Å². The van der Waals surface area contributed by atoms with E-state index >= 15 is 0 Å². The molecule has 0 N–H and O–H groups in total. The number of amides is 2. The van der Waals surface area contributed by atoms with Crippen LogP contribution in [0.2, 0.25) is 0 Å². The Labute approximate surface area is 166 Å². The van der Waals surface area contributed by atoms with Crippen LogP contribution in [0, 0.1) is 5.92 Å². The molecule has 7 nitrogen and oxygen atoms in total. The van der Waals surface area contributed by atoms with Crippen LogP contribution in [-0.4, -0.2) is 59.7 Å². The molecule has 8 heteroatoms. The number of sulfonamides is 1. The Kier molecular flexibility index (Phi) is 6.07. The summed E-state index contributed by atoms with van der Waals surface area (Å²) in [5, 5.41) is 0. The molecule has 0 aromatic heterocycles. The van der Waals surface area contributed by atoms with Gasteiger partial charge in [-0.3, -0.25) is 9.59 Å². The molecule has 0 spiro atoms. The van der Waals surface area contributed by atoms with Crippen molar-refractivity contribution < 1.29 is 18.0 Å². The van der Waals surface area contributed by atoms with Crippen molar-refractivity contribution in [3.05, 3.63) is 48.5 Å². The van der Waals surface area contributed by atoms with Gasteiger partial charge in [0, 0.05) is 31.9 Å². The molecule has 2 atom stereocenters. The van der Waals surface area contributed by atoms with E-state index in [1.54, 1.807) is 11.0 Å². The van der Waals surface area contributed by atoms with Gasteiger partial charge < -0.3 is 9.80 Å². The quantitative estimate of drug-likeness (QED) is 0.647. The number of allylic oxidation sites excluding steroid dienone is 4. The van der Waals surface area contributed by atoms with Crippen LogP contribution in [0.25, 0.3) is 0 Å². The van der Waals surface area contributed by atoms with E-state index < -0.39 is 27.9 Å². The Morgan fingerprint density at radius 3 is 2.46 bits per heavy atom. The smallest absolute Gasteiger partial charge is 0.246 e. The monoisotopic (exact) mass is 405 g/mol. The molecule has 3 aliphatic rings. The minimum Gasteiger partial charge on any atom is -0.354 e. The van der Waals surface area contributed by atoms with Crippen LogP contribution in [0.3, 0.4) is 0 Å². The van der Waals surface area contributed by atoms with Crippen LogP contribution >= 0.6 is 0 Å². The van der Waals surface area contributed by atoms with E-state index in [2.05, 4.69) is 0 Å². The Hall–Kier alpha value is -2.35. The number of nitrogens with zero attached hydrogens (tertiary/aromatic N) is 3. The van der Waals surface area contributed by atoms with Gasteiger partial charge in [0.15, 0.2) is 0 Å². The zero-order valence-electron chi connectivity index (χ0n) is 16.3. The summed E-state index contributed by atoms with van der Waals surface area (Å²) in [6.07, 6.45) is 16.8. The summed E-state index contributed by atoms with van der Waals surface area (Å²) in [6.45, 7) is 3.02. The van der Waals surface area contributed by atoms with Crippen LogP contribution in [-0.2, 0) is 19.6 Å². The number of rotatable bonds is 7. The summed E-state index contributed by atoms with van der Waals surface area (Å²) in [6, 6.07) is -0.461. The molecular weight excluding hydrogens is 378 g/mol. The molecule has 1 saturated heterocycles. The minimum absolute atomic E-state index is 0.0404. The largest absolute Gasteiger partial charge is 0.354 e. The summed E-state index contributed by atoms with van der Waals surface area (Å²) in [4.78, 5) is 29.3. The van der Waals surface area contributed by atoms with E-state index in [0.717, 1.165) is 17.0 Å². The third-order valence-corrected chi connectivity index (χ3v) is 6.27. The topological polar surface area (TPSA) is 78.0 Å². The summed E-state index contributed by atoms with van der Waals surface area (Å²) in [5.74, 6) is -0.938. The van der Waals surface area contributed by atoms with E-state index in [1.165, 1.54) is 0 Å². The lowest BCUT2D eigenvalue weighted by atomic mass is 9.96. The predicted molar refractivity (Wildman–Crippen MR) is 107 cm³/mol. The first-order valence-corrected chi connectivity index (χ1v) is 11.5. The van der Waals surface area contributed by atoms with Crippen molar-refractivity contribution in [3.8, 4) is 0 Å². The van der Waals surface area contributed by atoms with Gasteiger partial charge in [0.05, 0.1) is 23.9 Å². The van der Waals surface area contributed by atoms with Gasteiger partial charge in [0.2, 0.25) is 21.8 Å². The molecule has 3 heterocycles. The number of hydrogen-bond donors (Lipinski definition) is 0. The zero-order chi connectivity index (χ0) is 20.3. The van der Waals surface area contributed by atoms with Gasteiger partial charge >= 0.3 is 0 Å². The molecule has 0 aliphatic carbocycles. The molecular formula is C20H27N3O4S. The van der Waals surface area contributed by atoms with Crippen LogP contribution in [0.1, 0.15) is 32.6 Å². The van der Waals surface area contributed by atoms with Crippen molar-refractivity contribution in [3.63, 3.8) is 0 Å². The van der Waals surface area contributed by atoms with Crippen molar-refractivity contribution in [2.75, 3.05) is 19.3 Å². The van der Waals surface area contributed by atoms with Crippen molar-refractivity contribution in [2.24, 2.45) is 5.92 Å². The maximum atomic E-state index is 12.9. The maximum Gasteiger partial charge on any atom is 0.246 e. The van der Waals surface area contributed by atoms with E-state index in [-0.39, 0.29) is 5.91 Å². The summed E-state index contributed by atoms with van der Waals surface area (Å²) in [7, 11) is -3.69. The molecule has 2 amide bonds. The molecule has 0 bridgehead atoms. The first-order chi connectivity index (χ1) is 13.3. The fourth-order valence-corrected chi connectivity index (χ4v) is 5.06. The number of carbonyl (C=O) groups is 2. The molecule has 1 fully saturated rings. The zero-order valence-corrected chi connectivity index (χ0v) is 17.1. The maximum absolute atomic E-state index is 12.9. The van der Waals surface area contributed by atoms with Gasteiger partial charge in [-0.25, -0.2) is 12.7 Å². The summed E-state index contributed by atoms with van der Waals surface area (Å²) in [5.41, 5.74) is 0.448. The van der Waals surface area contributed by atoms with Crippen molar-refractivity contribution >= 4 is 21.8 Å². The van der Waals surface area contributed by atoms with E-state index in [4.69, 9.17) is 0 Å². The third kappa shape index (κ3) is 4.06. The SMILES string of the molecule is CCC[C@H]1C(=O)N(S(C)(=O)=O)C2=CCN(C(=O)CCCN3C=CC=CC=C3)[C@@H]21. The van der Waals surface area contributed by atoms with Gasteiger partial charge in [0.1, 0.15) is 0 Å². The molecule has 0 aromatic rings. The second-order valence-corrected chi connectivity index (χ2v) is 9.12. The van der Waals surface area contributed by atoms with E-state index in [0.29, 0.717) is 38.0 Å². The molecule has 0 radical (unpaired) electrons. The lowest BCUT2D eigenvalue weighted by Gasteiger charge is -2.27. The average molecular weight is 406 g/mol. The van der Waals surface area contributed by atoms with Gasteiger partial charge in [-0.1, -0.05) is 25.5 Å². The van der Waals surface area contributed by atoms with Gasteiger partial charge in [-0.15, -0.1) is 0 Å². The summed E-state index contributed by atoms with van der Waals surface area (Å²) < 4.78 is 25.2. The average Bonchev–Trinajstić information content (AvgIpc) is 3.02. The highest BCUT2D eigenvalue weighted by Crippen LogP contribution is 2.40. The van der Waals surface area contributed by atoms with E-state index in [9.17, 15) is 18.0 Å². The molecule has 0 unspecified atom stereocenters. The fourth-order valence-electron chi connectivity index (χ4n) is 4.03. The second-order valence-electron chi connectivity index (χ2n) is 7.29. The number of fused-ring (bicyclic) bond motifs is 1. The van der Waals surface area contributed by atoms with Crippen LogP contribution in [0.5, 0.6) is 0 Å². The Morgan fingerprint density at radius 1 is 1.18 bits per heavy atom. The fraction of sp³-hybridized carbons (Fsp3) is 0.500.